The molecule has 0 saturated carbocycles. The van der Waals surface area contributed by atoms with E-state index in [-0.39, 0.29) is 11.3 Å². The van der Waals surface area contributed by atoms with Crippen LogP contribution in [0.1, 0.15) is 27.2 Å². The minimum atomic E-state index is 0.0456. The third kappa shape index (κ3) is 3.21. The molecule has 0 N–H and O–H groups in total. The molecule has 0 radical (unpaired) electrons. The van der Waals surface area contributed by atoms with Crippen molar-refractivity contribution in [2.75, 3.05) is 31.1 Å². The van der Waals surface area contributed by atoms with Crippen molar-refractivity contribution in [2.45, 2.75) is 27.2 Å². The molecular weight excluding hydrogens is 296 g/mol. The van der Waals surface area contributed by atoms with Gasteiger partial charge in [-0.05, 0) is 16.9 Å². The van der Waals surface area contributed by atoms with Crippen molar-refractivity contribution in [3.8, 4) is 0 Å². The number of fused-ring (bicyclic) bond motifs is 1. The molecule has 2 aromatic rings. The van der Waals surface area contributed by atoms with Crippen molar-refractivity contribution in [3.05, 3.63) is 17.8 Å². The average molecular weight is 318 g/mol. The summed E-state index contributed by atoms with van der Waals surface area (Å²) in [6.07, 6.45) is 2.23. The number of carbonyl (C=O) groups excluding carboxylic acids is 1. The SMILES string of the molecule is CC(C)(C)CC(=O)N1CCN(c2ncnc3ccsc23)CC1. The lowest BCUT2D eigenvalue weighted by Crippen LogP contribution is -2.49. The molecule has 0 unspecified atom stereocenters. The molecule has 1 fully saturated rings. The van der Waals surface area contributed by atoms with Gasteiger partial charge in [-0.1, -0.05) is 20.8 Å². The Morgan fingerprint density at radius 3 is 2.64 bits per heavy atom. The Morgan fingerprint density at radius 1 is 1.23 bits per heavy atom. The largest absolute Gasteiger partial charge is 0.352 e. The van der Waals surface area contributed by atoms with Gasteiger partial charge in [0.2, 0.25) is 5.91 Å². The van der Waals surface area contributed by atoms with Crippen molar-refractivity contribution >= 4 is 33.3 Å². The molecule has 1 aliphatic rings. The van der Waals surface area contributed by atoms with Gasteiger partial charge < -0.3 is 9.80 Å². The van der Waals surface area contributed by atoms with Gasteiger partial charge in [0.05, 0.1) is 10.2 Å². The molecular formula is C16H22N4OS. The fourth-order valence-corrected chi connectivity index (χ4v) is 3.60. The highest BCUT2D eigenvalue weighted by Gasteiger charge is 2.26. The summed E-state index contributed by atoms with van der Waals surface area (Å²) in [6.45, 7) is 9.53. The fourth-order valence-electron chi connectivity index (χ4n) is 2.73. The number of anilines is 1. The molecule has 2 aromatic heterocycles. The van der Waals surface area contributed by atoms with Crippen molar-refractivity contribution in [3.63, 3.8) is 0 Å². The molecule has 22 heavy (non-hydrogen) atoms. The predicted octanol–water partition coefficient (Wildman–Crippen LogP) is 2.78. The van der Waals surface area contributed by atoms with Crippen LogP contribution in [0.25, 0.3) is 10.2 Å². The number of carbonyl (C=O) groups is 1. The molecule has 0 atom stereocenters. The lowest BCUT2D eigenvalue weighted by atomic mass is 9.91. The Hall–Kier alpha value is -1.69. The number of rotatable bonds is 2. The maximum atomic E-state index is 12.3. The Labute approximate surface area is 135 Å². The zero-order valence-electron chi connectivity index (χ0n) is 13.4. The minimum absolute atomic E-state index is 0.0456. The van der Waals surface area contributed by atoms with E-state index in [0.717, 1.165) is 42.2 Å². The molecule has 1 amide bonds. The van der Waals surface area contributed by atoms with Gasteiger partial charge in [-0.15, -0.1) is 11.3 Å². The van der Waals surface area contributed by atoms with Gasteiger partial charge >= 0.3 is 0 Å². The van der Waals surface area contributed by atoms with Gasteiger partial charge in [-0.3, -0.25) is 4.79 Å². The number of hydrogen-bond donors (Lipinski definition) is 0. The lowest BCUT2D eigenvalue weighted by Gasteiger charge is -2.36. The van der Waals surface area contributed by atoms with Crippen LogP contribution in [0.3, 0.4) is 0 Å². The summed E-state index contributed by atoms with van der Waals surface area (Å²) >= 11 is 1.68. The van der Waals surface area contributed by atoms with E-state index in [1.807, 2.05) is 16.3 Å². The van der Waals surface area contributed by atoms with Crippen molar-refractivity contribution in [2.24, 2.45) is 5.41 Å². The maximum absolute atomic E-state index is 12.3. The van der Waals surface area contributed by atoms with Crippen LogP contribution in [-0.4, -0.2) is 47.0 Å². The van der Waals surface area contributed by atoms with E-state index >= 15 is 0 Å². The number of nitrogens with zero attached hydrogens (tertiary/aromatic N) is 4. The Kier molecular flexibility index (Phi) is 4.04. The van der Waals surface area contributed by atoms with Gasteiger partial charge in [0.1, 0.15) is 12.1 Å². The molecule has 6 heteroatoms. The monoisotopic (exact) mass is 318 g/mol. The second-order valence-electron chi connectivity index (χ2n) is 6.94. The molecule has 1 saturated heterocycles. The second kappa shape index (κ2) is 5.83. The van der Waals surface area contributed by atoms with Crippen LogP contribution < -0.4 is 4.90 Å². The van der Waals surface area contributed by atoms with E-state index in [0.29, 0.717) is 6.42 Å². The maximum Gasteiger partial charge on any atom is 0.223 e. The Morgan fingerprint density at radius 2 is 1.95 bits per heavy atom. The van der Waals surface area contributed by atoms with E-state index in [4.69, 9.17) is 0 Å². The van der Waals surface area contributed by atoms with Crippen molar-refractivity contribution < 1.29 is 4.79 Å². The smallest absolute Gasteiger partial charge is 0.223 e. The standard InChI is InChI=1S/C16H22N4OS/c1-16(2,3)10-13(21)19-5-7-20(8-6-19)15-14-12(4-9-22-14)17-11-18-15/h4,9,11H,5-8,10H2,1-3H3. The number of amides is 1. The Balaban J connectivity index is 1.67. The van der Waals surface area contributed by atoms with E-state index in [9.17, 15) is 4.79 Å². The quantitative estimate of drug-likeness (QED) is 0.854. The van der Waals surface area contributed by atoms with Gasteiger partial charge in [0.15, 0.2) is 0 Å². The molecule has 0 aliphatic carbocycles. The molecule has 0 spiro atoms. The van der Waals surface area contributed by atoms with Crippen molar-refractivity contribution in [1.29, 1.82) is 0 Å². The minimum Gasteiger partial charge on any atom is -0.352 e. The zero-order valence-corrected chi connectivity index (χ0v) is 14.2. The van der Waals surface area contributed by atoms with E-state index in [1.54, 1.807) is 17.7 Å². The van der Waals surface area contributed by atoms with Crippen LogP contribution in [0, 0.1) is 5.41 Å². The van der Waals surface area contributed by atoms with E-state index in [2.05, 4.69) is 35.6 Å². The lowest BCUT2D eigenvalue weighted by molar-refractivity contribution is -0.133. The highest BCUT2D eigenvalue weighted by Crippen LogP contribution is 2.28. The molecule has 3 rings (SSSR count). The summed E-state index contributed by atoms with van der Waals surface area (Å²) in [6, 6.07) is 2.02. The summed E-state index contributed by atoms with van der Waals surface area (Å²) in [5, 5.41) is 2.05. The fraction of sp³-hybridized carbons (Fsp3) is 0.562. The van der Waals surface area contributed by atoms with Crippen LogP contribution in [0.2, 0.25) is 0 Å². The highest BCUT2D eigenvalue weighted by atomic mass is 32.1. The van der Waals surface area contributed by atoms with Crippen LogP contribution in [0.15, 0.2) is 17.8 Å². The first-order valence-electron chi connectivity index (χ1n) is 7.65. The number of aromatic nitrogens is 2. The Bertz CT molecular complexity index is 668. The second-order valence-corrected chi connectivity index (χ2v) is 7.85. The number of thiophene rings is 1. The average Bonchev–Trinajstić information content (AvgIpc) is 2.94. The van der Waals surface area contributed by atoms with Gasteiger partial charge in [-0.2, -0.15) is 0 Å². The highest BCUT2D eigenvalue weighted by molar-refractivity contribution is 7.17. The van der Waals surface area contributed by atoms with Crippen molar-refractivity contribution in [1.82, 2.24) is 14.9 Å². The summed E-state index contributed by atoms with van der Waals surface area (Å²) < 4.78 is 1.14. The first kappa shape index (κ1) is 15.2. The molecule has 118 valence electrons. The molecule has 3 heterocycles. The van der Waals surface area contributed by atoms with Crippen LogP contribution in [0.5, 0.6) is 0 Å². The zero-order chi connectivity index (χ0) is 15.7. The first-order chi connectivity index (χ1) is 10.4. The molecule has 0 bridgehead atoms. The molecule has 5 nitrogen and oxygen atoms in total. The van der Waals surface area contributed by atoms with Crippen LogP contribution >= 0.6 is 11.3 Å². The van der Waals surface area contributed by atoms with Crippen LogP contribution in [-0.2, 0) is 4.79 Å². The van der Waals surface area contributed by atoms with Gasteiger partial charge in [-0.25, -0.2) is 9.97 Å². The van der Waals surface area contributed by atoms with Gasteiger partial charge in [0.25, 0.3) is 0 Å². The summed E-state index contributed by atoms with van der Waals surface area (Å²) in [4.78, 5) is 25.3. The molecule has 1 aliphatic heterocycles. The third-order valence-corrected chi connectivity index (χ3v) is 4.74. The van der Waals surface area contributed by atoms with E-state index < -0.39 is 0 Å². The predicted molar refractivity (Wildman–Crippen MR) is 90.3 cm³/mol. The normalized spacial score (nSPS) is 16.3. The van der Waals surface area contributed by atoms with Crippen LogP contribution in [0.4, 0.5) is 5.82 Å². The number of hydrogen-bond acceptors (Lipinski definition) is 5. The van der Waals surface area contributed by atoms with E-state index in [1.165, 1.54) is 0 Å². The summed E-state index contributed by atoms with van der Waals surface area (Å²) in [7, 11) is 0. The third-order valence-electron chi connectivity index (χ3n) is 3.84. The molecule has 0 aromatic carbocycles. The number of piperazine rings is 1. The van der Waals surface area contributed by atoms with Gasteiger partial charge in [0, 0.05) is 32.6 Å². The summed E-state index contributed by atoms with van der Waals surface area (Å²) in [5.74, 6) is 1.26. The first-order valence-corrected chi connectivity index (χ1v) is 8.53. The topological polar surface area (TPSA) is 49.3 Å². The summed E-state index contributed by atoms with van der Waals surface area (Å²) in [5.41, 5.74) is 1.05.